The fraction of sp³-hybridized carbons (Fsp3) is 0.867. The molecule has 0 unspecified atom stereocenters. The van der Waals surface area contributed by atoms with E-state index in [0.29, 0.717) is 5.89 Å². The SMILES string of the molecule is CC[C@H](N)c1nc(C23CC4CC(CC(C4)C2)C3)no1. The van der Waals surface area contributed by atoms with Gasteiger partial charge in [0, 0.05) is 5.41 Å². The molecule has 4 aliphatic rings. The minimum atomic E-state index is -0.102. The van der Waals surface area contributed by atoms with Gasteiger partial charge in [-0.05, 0) is 62.7 Å². The van der Waals surface area contributed by atoms with Gasteiger partial charge in [0.25, 0.3) is 0 Å². The van der Waals surface area contributed by atoms with Crippen molar-refractivity contribution in [2.75, 3.05) is 0 Å². The third-order valence-electron chi connectivity index (χ3n) is 5.71. The average molecular weight is 261 g/mol. The van der Waals surface area contributed by atoms with Crippen LogP contribution in [0.1, 0.15) is 69.6 Å². The van der Waals surface area contributed by atoms with E-state index in [4.69, 9.17) is 10.3 Å². The highest BCUT2D eigenvalue weighted by Crippen LogP contribution is 2.60. The minimum absolute atomic E-state index is 0.102. The lowest BCUT2D eigenvalue weighted by Crippen LogP contribution is -2.49. The fourth-order valence-electron chi connectivity index (χ4n) is 5.16. The zero-order valence-corrected chi connectivity index (χ0v) is 11.6. The van der Waals surface area contributed by atoms with Crippen molar-refractivity contribution in [2.45, 2.75) is 63.3 Å². The van der Waals surface area contributed by atoms with Crippen LogP contribution in [0.5, 0.6) is 0 Å². The summed E-state index contributed by atoms with van der Waals surface area (Å²) in [5, 5.41) is 4.31. The van der Waals surface area contributed by atoms with Gasteiger partial charge in [0.2, 0.25) is 5.89 Å². The number of aromatic nitrogens is 2. The van der Waals surface area contributed by atoms with Gasteiger partial charge in [-0.15, -0.1) is 0 Å². The fourth-order valence-corrected chi connectivity index (χ4v) is 5.16. The first kappa shape index (κ1) is 11.9. The molecule has 0 radical (unpaired) electrons. The van der Waals surface area contributed by atoms with Gasteiger partial charge < -0.3 is 10.3 Å². The Bertz CT molecular complexity index is 446. The van der Waals surface area contributed by atoms with Crippen LogP contribution < -0.4 is 5.73 Å². The predicted octanol–water partition coefficient (Wildman–Crippen LogP) is 2.95. The smallest absolute Gasteiger partial charge is 0.243 e. The maximum absolute atomic E-state index is 6.00. The summed E-state index contributed by atoms with van der Waals surface area (Å²) in [6.45, 7) is 2.05. The highest BCUT2D eigenvalue weighted by molar-refractivity contribution is 5.16. The second kappa shape index (κ2) is 4.05. The van der Waals surface area contributed by atoms with Crippen LogP contribution in [-0.2, 0) is 5.41 Å². The van der Waals surface area contributed by atoms with E-state index >= 15 is 0 Å². The highest BCUT2D eigenvalue weighted by atomic mass is 16.5. The molecule has 2 N–H and O–H groups in total. The molecule has 4 saturated carbocycles. The molecule has 4 bridgehead atoms. The lowest BCUT2D eigenvalue weighted by molar-refractivity contribution is -0.0103. The topological polar surface area (TPSA) is 64.9 Å². The van der Waals surface area contributed by atoms with Crippen molar-refractivity contribution in [2.24, 2.45) is 23.5 Å². The van der Waals surface area contributed by atoms with Crippen molar-refractivity contribution < 1.29 is 4.52 Å². The Balaban J connectivity index is 1.66. The standard InChI is InChI=1S/C15H23N3O/c1-2-12(16)13-17-14(18-19-13)15-6-9-3-10(7-15)5-11(4-9)8-15/h9-12H,2-8,16H2,1H3/t9?,10?,11?,12-,15?/m0/s1. The van der Waals surface area contributed by atoms with Gasteiger partial charge >= 0.3 is 0 Å². The number of rotatable bonds is 3. The van der Waals surface area contributed by atoms with Crippen LogP contribution in [-0.4, -0.2) is 10.1 Å². The van der Waals surface area contributed by atoms with Crippen molar-refractivity contribution in [1.82, 2.24) is 10.1 Å². The third-order valence-corrected chi connectivity index (χ3v) is 5.71. The molecule has 1 atom stereocenters. The van der Waals surface area contributed by atoms with E-state index in [0.717, 1.165) is 30.0 Å². The van der Waals surface area contributed by atoms with Crippen LogP contribution in [0.3, 0.4) is 0 Å². The van der Waals surface area contributed by atoms with Crippen LogP contribution in [0.25, 0.3) is 0 Å². The van der Waals surface area contributed by atoms with Crippen molar-refractivity contribution in [1.29, 1.82) is 0 Å². The molecule has 1 heterocycles. The predicted molar refractivity (Wildman–Crippen MR) is 71.4 cm³/mol. The molecule has 19 heavy (non-hydrogen) atoms. The zero-order valence-electron chi connectivity index (χ0n) is 11.6. The molecule has 4 fully saturated rings. The molecule has 0 amide bonds. The maximum Gasteiger partial charge on any atom is 0.243 e. The molecular formula is C15H23N3O. The summed E-state index contributed by atoms with van der Waals surface area (Å²) in [5.74, 6) is 4.33. The van der Waals surface area contributed by atoms with Crippen molar-refractivity contribution in [3.05, 3.63) is 11.7 Å². The summed E-state index contributed by atoms with van der Waals surface area (Å²) in [6.07, 6.45) is 9.01. The van der Waals surface area contributed by atoms with Gasteiger partial charge in [0.1, 0.15) is 0 Å². The molecule has 0 aliphatic heterocycles. The molecule has 0 aromatic carbocycles. The second-order valence-corrected chi connectivity index (χ2v) is 7.17. The molecule has 104 valence electrons. The summed E-state index contributed by atoms with van der Waals surface area (Å²) >= 11 is 0. The average Bonchev–Trinajstić information content (AvgIpc) is 2.86. The van der Waals surface area contributed by atoms with Crippen molar-refractivity contribution in [3.63, 3.8) is 0 Å². The summed E-state index contributed by atoms with van der Waals surface area (Å²) in [5.41, 5.74) is 6.23. The Morgan fingerprint density at radius 3 is 2.32 bits per heavy atom. The summed E-state index contributed by atoms with van der Waals surface area (Å²) in [7, 11) is 0. The van der Waals surface area contributed by atoms with Gasteiger partial charge in [-0.3, -0.25) is 0 Å². The lowest BCUT2D eigenvalue weighted by atomic mass is 9.49. The second-order valence-electron chi connectivity index (χ2n) is 7.17. The quantitative estimate of drug-likeness (QED) is 0.908. The van der Waals surface area contributed by atoms with Gasteiger partial charge in [0.05, 0.1) is 6.04 Å². The number of hydrogen-bond acceptors (Lipinski definition) is 4. The summed E-state index contributed by atoms with van der Waals surface area (Å²) in [6, 6.07) is -0.102. The molecule has 1 aromatic heterocycles. The summed E-state index contributed by atoms with van der Waals surface area (Å²) in [4.78, 5) is 4.67. The van der Waals surface area contributed by atoms with E-state index in [1.807, 2.05) is 0 Å². The Morgan fingerprint density at radius 2 is 1.79 bits per heavy atom. The van der Waals surface area contributed by atoms with Gasteiger partial charge in [0.15, 0.2) is 5.82 Å². The molecule has 4 aliphatic carbocycles. The molecular weight excluding hydrogens is 238 g/mol. The van der Waals surface area contributed by atoms with Crippen LogP contribution >= 0.6 is 0 Å². The van der Waals surface area contributed by atoms with Gasteiger partial charge in [-0.2, -0.15) is 4.98 Å². The van der Waals surface area contributed by atoms with Crippen LogP contribution in [0.4, 0.5) is 0 Å². The van der Waals surface area contributed by atoms with Crippen LogP contribution in [0, 0.1) is 17.8 Å². The monoisotopic (exact) mass is 261 g/mol. The van der Waals surface area contributed by atoms with E-state index in [9.17, 15) is 0 Å². The number of hydrogen-bond donors (Lipinski definition) is 1. The van der Waals surface area contributed by atoms with Gasteiger partial charge in [-0.25, -0.2) is 0 Å². The zero-order chi connectivity index (χ0) is 13.0. The van der Waals surface area contributed by atoms with Gasteiger partial charge in [-0.1, -0.05) is 12.1 Å². The summed E-state index contributed by atoms with van der Waals surface area (Å²) < 4.78 is 5.42. The van der Waals surface area contributed by atoms with E-state index in [2.05, 4.69) is 17.1 Å². The molecule has 4 heteroatoms. The maximum atomic E-state index is 6.00. The van der Waals surface area contributed by atoms with E-state index in [-0.39, 0.29) is 11.5 Å². The van der Waals surface area contributed by atoms with Crippen molar-refractivity contribution >= 4 is 0 Å². The highest BCUT2D eigenvalue weighted by Gasteiger charge is 2.53. The largest absolute Gasteiger partial charge is 0.338 e. The lowest BCUT2D eigenvalue weighted by Gasteiger charge is -2.55. The third kappa shape index (κ3) is 1.76. The van der Waals surface area contributed by atoms with Crippen LogP contribution in [0.2, 0.25) is 0 Å². The first-order valence-electron chi connectivity index (χ1n) is 7.78. The Labute approximate surface area is 114 Å². The molecule has 4 nitrogen and oxygen atoms in total. The molecule has 0 spiro atoms. The first-order chi connectivity index (χ1) is 9.18. The molecule has 5 rings (SSSR count). The molecule has 1 aromatic rings. The Morgan fingerprint density at radius 1 is 1.21 bits per heavy atom. The number of nitrogens with zero attached hydrogens (tertiary/aromatic N) is 2. The minimum Gasteiger partial charge on any atom is -0.338 e. The first-order valence-corrected chi connectivity index (χ1v) is 7.78. The normalized spacial score (nSPS) is 41.7. The number of nitrogens with two attached hydrogens (primary N) is 1. The Kier molecular flexibility index (Phi) is 2.53. The van der Waals surface area contributed by atoms with E-state index in [1.165, 1.54) is 38.5 Å². The molecule has 0 saturated heterocycles. The van der Waals surface area contributed by atoms with E-state index in [1.54, 1.807) is 0 Å². The Hall–Kier alpha value is -0.900. The van der Waals surface area contributed by atoms with E-state index < -0.39 is 0 Å². The van der Waals surface area contributed by atoms with Crippen molar-refractivity contribution in [3.8, 4) is 0 Å². The van der Waals surface area contributed by atoms with Crippen LogP contribution in [0.15, 0.2) is 4.52 Å².